The number of rotatable bonds is 1. The smallest absolute Gasteiger partial charge is 0.172 e. The first kappa shape index (κ1) is 9.90. The predicted octanol–water partition coefficient (Wildman–Crippen LogP) is 0.976. The van der Waals surface area contributed by atoms with Gasteiger partial charge >= 0.3 is 0 Å². The number of hydrogen-bond donors (Lipinski definition) is 1. The molecule has 0 amide bonds. The Balaban J connectivity index is 2.03. The second-order valence-corrected chi connectivity index (χ2v) is 4.48. The number of ether oxygens (including phenoxy) is 1. The molecule has 1 saturated heterocycles. The predicted molar refractivity (Wildman–Crippen MR) is 60.9 cm³/mol. The molecule has 2 atom stereocenters. The molecule has 0 radical (unpaired) electrons. The summed E-state index contributed by atoms with van der Waals surface area (Å²) in [7, 11) is 0. The van der Waals surface area contributed by atoms with Crippen LogP contribution >= 0.6 is 0 Å². The number of nitrogens with zero attached hydrogens (tertiary/aromatic N) is 2. The van der Waals surface area contributed by atoms with E-state index < -0.39 is 0 Å². The summed E-state index contributed by atoms with van der Waals surface area (Å²) in [6, 6.07) is 2.30. The molecule has 3 rings (SSSR count). The van der Waals surface area contributed by atoms with Gasteiger partial charge in [-0.3, -0.25) is 0 Å². The topological polar surface area (TPSA) is 45.6 Å². The Hall–Kier alpha value is -1.29. The summed E-state index contributed by atoms with van der Waals surface area (Å²) >= 11 is 0. The number of aliphatic hydroxyl groups is 1. The van der Waals surface area contributed by atoms with E-state index in [0.29, 0.717) is 19.2 Å². The second kappa shape index (κ2) is 3.63. The summed E-state index contributed by atoms with van der Waals surface area (Å²) in [6.07, 6.45) is 3.32. The lowest BCUT2D eigenvalue weighted by Crippen LogP contribution is -2.39. The van der Waals surface area contributed by atoms with Gasteiger partial charge in [0.15, 0.2) is 11.6 Å². The van der Waals surface area contributed by atoms with Gasteiger partial charge in [0.2, 0.25) is 0 Å². The molecule has 2 aliphatic heterocycles. The van der Waals surface area contributed by atoms with E-state index in [2.05, 4.69) is 16.8 Å². The number of aliphatic hydroxyl groups excluding tert-OH is 1. The van der Waals surface area contributed by atoms with Gasteiger partial charge in [0, 0.05) is 12.7 Å². The van der Waals surface area contributed by atoms with Crippen LogP contribution in [0.1, 0.15) is 18.9 Å². The van der Waals surface area contributed by atoms with E-state index in [4.69, 9.17) is 4.74 Å². The van der Waals surface area contributed by atoms with Crippen LogP contribution in [0.5, 0.6) is 5.75 Å². The van der Waals surface area contributed by atoms with Crippen LogP contribution in [0, 0.1) is 0 Å². The van der Waals surface area contributed by atoms with Crippen LogP contribution in [0.3, 0.4) is 0 Å². The molecule has 4 heteroatoms. The summed E-state index contributed by atoms with van der Waals surface area (Å²) in [6.45, 7) is 3.47. The van der Waals surface area contributed by atoms with E-state index in [-0.39, 0.29) is 6.10 Å². The molecule has 0 bridgehead atoms. The van der Waals surface area contributed by atoms with E-state index >= 15 is 0 Å². The molecule has 0 aliphatic carbocycles. The van der Waals surface area contributed by atoms with Crippen molar-refractivity contribution >= 4 is 5.82 Å². The zero-order valence-corrected chi connectivity index (χ0v) is 9.39. The highest BCUT2D eigenvalue weighted by Crippen LogP contribution is 2.38. The molecule has 2 aliphatic rings. The van der Waals surface area contributed by atoms with E-state index in [1.54, 1.807) is 0 Å². The van der Waals surface area contributed by atoms with Crippen LogP contribution < -0.4 is 9.64 Å². The van der Waals surface area contributed by atoms with Crippen LogP contribution in [0.15, 0.2) is 12.3 Å². The van der Waals surface area contributed by atoms with Crippen LogP contribution in [0.2, 0.25) is 0 Å². The van der Waals surface area contributed by atoms with Gasteiger partial charge < -0.3 is 14.7 Å². The Bertz CT molecular complexity index is 408. The maximum atomic E-state index is 9.69. The lowest BCUT2D eigenvalue weighted by Gasteiger charge is -2.32. The summed E-state index contributed by atoms with van der Waals surface area (Å²) in [5, 5.41) is 9.69. The molecule has 1 aromatic heterocycles. The van der Waals surface area contributed by atoms with Crippen molar-refractivity contribution in [2.45, 2.75) is 31.9 Å². The number of fused-ring (bicyclic) bond motifs is 3. The van der Waals surface area contributed by atoms with E-state index in [1.165, 1.54) is 5.56 Å². The number of hydrogen-bond acceptors (Lipinski definition) is 4. The Morgan fingerprint density at radius 1 is 1.62 bits per heavy atom. The number of aryl methyl sites for hydroxylation is 1. The largest absolute Gasteiger partial charge is 0.487 e. The average molecular weight is 220 g/mol. The van der Waals surface area contributed by atoms with Crippen molar-refractivity contribution < 1.29 is 9.84 Å². The Labute approximate surface area is 94.9 Å². The fourth-order valence-electron chi connectivity index (χ4n) is 2.60. The van der Waals surface area contributed by atoms with E-state index in [0.717, 1.165) is 24.4 Å². The average Bonchev–Trinajstić information content (AvgIpc) is 2.69. The number of pyridine rings is 1. The zero-order chi connectivity index (χ0) is 11.1. The molecule has 4 nitrogen and oxygen atoms in total. The molecule has 1 fully saturated rings. The molecule has 0 spiro atoms. The standard InChI is InChI=1S/C12H16N2O2/c1-2-8-3-4-13-12-11(8)16-7-9-5-10(15)6-14(9)12/h3-4,9-10,15H,2,5-7H2,1H3/t9-,10-/m1/s1. The monoisotopic (exact) mass is 220 g/mol. The van der Waals surface area contributed by atoms with Crippen molar-refractivity contribution in [3.05, 3.63) is 17.8 Å². The highest BCUT2D eigenvalue weighted by molar-refractivity contribution is 5.59. The fourth-order valence-corrected chi connectivity index (χ4v) is 2.60. The molecule has 0 aromatic carbocycles. The first-order chi connectivity index (χ1) is 7.79. The first-order valence-corrected chi connectivity index (χ1v) is 5.85. The normalized spacial score (nSPS) is 27.2. The van der Waals surface area contributed by atoms with E-state index in [1.807, 2.05) is 12.3 Å². The van der Waals surface area contributed by atoms with Crippen molar-refractivity contribution in [3.63, 3.8) is 0 Å². The molecule has 3 heterocycles. The third kappa shape index (κ3) is 1.37. The minimum atomic E-state index is -0.244. The molecule has 16 heavy (non-hydrogen) atoms. The van der Waals surface area contributed by atoms with Gasteiger partial charge in [0.1, 0.15) is 6.61 Å². The molecular weight excluding hydrogens is 204 g/mol. The van der Waals surface area contributed by atoms with Crippen molar-refractivity contribution in [1.29, 1.82) is 0 Å². The summed E-state index contributed by atoms with van der Waals surface area (Å²) in [5.41, 5.74) is 1.20. The highest BCUT2D eigenvalue weighted by Gasteiger charge is 2.37. The third-order valence-corrected chi connectivity index (χ3v) is 3.43. The van der Waals surface area contributed by atoms with Gasteiger partial charge in [-0.25, -0.2) is 4.98 Å². The molecular formula is C12H16N2O2. The second-order valence-electron chi connectivity index (χ2n) is 4.48. The van der Waals surface area contributed by atoms with Gasteiger partial charge in [-0.1, -0.05) is 6.92 Å². The summed E-state index contributed by atoms with van der Waals surface area (Å²) in [4.78, 5) is 6.58. The third-order valence-electron chi connectivity index (χ3n) is 3.43. The van der Waals surface area contributed by atoms with Crippen LogP contribution in [0.25, 0.3) is 0 Å². The van der Waals surface area contributed by atoms with Crippen LogP contribution in [0.4, 0.5) is 5.82 Å². The number of anilines is 1. The molecule has 0 unspecified atom stereocenters. The summed E-state index contributed by atoms with van der Waals surface area (Å²) < 4.78 is 5.79. The van der Waals surface area contributed by atoms with Gasteiger partial charge in [-0.15, -0.1) is 0 Å². The Kier molecular flexibility index (Phi) is 2.24. The Morgan fingerprint density at radius 2 is 2.50 bits per heavy atom. The van der Waals surface area contributed by atoms with E-state index in [9.17, 15) is 5.11 Å². The van der Waals surface area contributed by atoms with Gasteiger partial charge in [0.05, 0.1) is 12.1 Å². The van der Waals surface area contributed by atoms with Crippen LogP contribution in [-0.4, -0.2) is 35.4 Å². The quantitative estimate of drug-likeness (QED) is 0.766. The van der Waals surface area contributed by atoms with Crippen molar-refractivity contribution in [3.8, 4) is 5.75 Å². The van der Waals surface area contributed by atoms with Gasteiger partial charge in [-0.2, -0.15) is 0 Å². The molecule has 1 aromatic rings. The lowest BCUT2D eigenvalue weighted by atomic mass is 10.1. The van der Waals surface area contributed by atoms with Crippen molar-refractivity contribution in [2.24, 2.45) is 0 Å². The van der Waals surface area contributed by atoms with Crippen LogP contribution in [-0.2, 0) is 6.42 Å². The summed E-state index contributed by atoms with van der Waals surface area (Å²) in [5.74, 6) is 1.82. The SMILES string of the molecule is CCc1ccnc2c1OC[C@H]1C[C@@H](O)CN21. The van der Waals surface area contributed by atoms with Gasteiger partial charge in [-0.05, 0) is 24.5 Å². The molecule has 86 valence electrons. The molecule has 0 saturated carbocycles. The first-order valence-electron chi connectivity index (χ1n) is 5.85. The molecule has 1 N–H and O–H groups in total. The minimum absolute atomic E-state index is 0.244. The maximum absolute atomic E-state index is 9.69. The Morgan fingerprint density at radius 3 is 3.31 bits per heavy atom. The fraction of sp³-hybridized carbons (Fsp3) is 0.583. The number of aromatic nitrogens is 1. The van der Waals surface area contributed by atoms with Crippen molar-refractivity contribution in [2.75, 3.05) is 18.1 Å². The minimum Gasteiger partial charge on any atom is -0.487 e. The van der Waals surface area contributed by atoms with Crippen molar-refractivity contribution in [1.82, 2.24) is 4.98 Å². The highest BCUT2D eigenvalue weighted by atomic mass is 16.5. The van der Waals surface area contributed by atoms with Gasteiger partial charge in [0.25, 0.3) is 0 Å². The lowest BCUT2D eigenvalue weighted by molar-refractivity contribution is 0.187. The zero-order valence-electron chi connectivity index (χ0n) is 9.39. The maximum Gasteiger partial charge on any atom is 0.172 e.